The van der Waals surface area contributed by atoms with Crippen LogP contribution < -0.4 is 0 Å². The predicted molar refractivity (Wildman–Crippen MR) is 128 cm³/mol. The minimum absolute atomic E-state index is 0.0722. The monoisotopic (exact) mass is 452 g/mol. The van der Waals surface area contributed by atoms with Gasteiger partial charge in [0.15, 0.2) is 5.78 Å². The van der Waals surface area contributed by atoms with Gasteiger partial charge in [0, 0.05) is 10.0 Å². The van der Waals surface area contributed by atoms with Crippen LogP contribution in [-0.2, 0) is 0 Å². The maximum absolute atomic E-state index is 11.8. The molecule has 0 bridgehead atoms. The fourth-order valence-corrected chi connectivity index (χ4v) is 3.87. The molecule has 1 nitrogen and oxygen atoms in total. The first kappa shape index (κ1) is 20.1. The normalized spacial score (nSPS) is 11.7. The van der Waals surface area contributed by atoms with Gasteiger partial charge in [0.1, 0.15) is 0 Å². The third-order valence-corrected chi connectivity index (χ3v) is 5.62. The van der Waals surface area contributed by atoms with Gasteiger partial charge >= 0.3 is 0 Å². The Hall–Kier alpha value is -3.23. The highest BCUT2D eigenvalue weighted by atomic mass is 79.9. The largest absolute Gasteiger partial charge is 0.295 e. The summed E-state index contributed by atoms with van der Waals surface area (Å²) in [6, 6.07) is 37.2. The van der Waals surface area contributed by atoms with Crippen LogP contribution >= 0.6 is 15.9 Å². The van der Waals surface area contributed by atoms with Gasteiger partial charge in [-0.05, 0) is 52.5 Å². The number of hydrogen-bond donors (Lipinski definition) is 0. The second kappa shape index (κ2) is 9.06. The molecule has 0 heterocycles. The maximum atomic E-state index is 11.8. The van der Waals surface area contributed by atoms with Gasteiger partial charge in [0.25, 0.3) is 0 Å². The molecule has 4 aromatic rings. The van der Waals surface area contributed by atoms with Crippen molar-refractivity contribution in [2.75, 3.05) is 0 Å². The van der Waals surface area contributed by atoms with E-state index >= 15 is 0 Å². The number of Topliss-reactive ketones (excluding diaryl/α,β-unsaturated/α-hetero) is 1. The van der Waals surface area contributed by atoms with Crippen molar-refractivity contribution in [1.29, 1.82) is 0 Å². The van der Waals surface area contributed by atoms with Gasteiger partial charge < -0.3 is 0 Å². The van der Waals surface area contributed by atoms with Gasteiger partial charge in [-0.3, -0.25) is 4.79 Å². The van der Waals surface area contributed by atoms with Crippen molar-refractivity contribution in [3.8, 4) is 0 Å². The molecule has 0 aliphatic heterocycles. The molecule has 30 heavy (non-hydrogen) atoms. The van der Waals surface area contributed by atoms with Crippen molar-refractivity contribution in [3.05, 3.63) is 141 Å². The van der Waals surface area contributed by atoms with Crippen LogP contribution in [0.25, 0.3) is 11.1 Å². The average molecular weight is 453 g/mol. The van der Waals surface area contributed by atoms with Gasteiger partial charge in [-0.25, -0.2) is 0 Å². The minimum atomic E-state index is 0.0722. The fraction of sp³-hybridized carbons (Fsp3) is 0.0357. The molecular weight excluding hydrogens is 432 g/mol. The Morgan fingerprint density at radius 2 is 0.833 bits per heavy atom. The molecular formula is C28H21BrO. The van der Waals surface area contributed by atoms with Crippen molar-refractivity contribution >= 4 is 32.9 Å². The number of carbonyl (C=O) groups is 1. The first-order valence-electron chi connectivity index (χ1n) is 9.86. The Morgan fingerprint density at radius 1 is 0.500 bits per heavy atom. The van der Waals surface area contributed by atoms with E-state index in [1.54, 1.807) is 6.92 Å². The van der Waals surface area contributed by atoms with Crippen LogP contribution in [0, 0.1) is 0 Å². The first-order valence-corrected chi connectivity index (χ1v) is 10.7. The fourth-order valence-electron chi connectivity index (χ4n) is 3.61. The molecule has 0 unspecified atom stereocenters. The van der Waals surface area contributed by atoms with Crippen LogP contribution in [-0.4, -0.2) is 5.78 Å². The van der Waals surface area contributed by atoms with Crippen LogP contribution in [0.2, 0.25) is 0 Å². The summed E-state index contributed by atoms with van der Waals surface area (Å²) in [5, 5.41) is 0. The summed E-state index contributed by atoms with van der Waals surface area (Å²) in [7, 11) is 0. The number of hydrogen-bond acceptors (Lipinski definition) is 1. The molecule has 4 aromatic carbocycles. The maximum Gasteiger partial charge on any atom is 0.159 e. The Balaban J connectivity index is 2.05. The van der Waals surface area contributed by atoms with E-state index in [1.165, 1.54) is 0 Å². The summed E-state index contributed by atoms with van der Waals surface area (Å²) in [6.07, 6.45) is 0. The Labute approximate surface area is 185 Å². The average Bonchev–Trinajstić information content (AvgIpc) is 2.79. The van der Waals surface area contributed by atoms with Crippen molar-refractivity contribution < 1.29 is 4.79 Å². The SMILES string of the molecule is CC(=O)c1ccc(/C(=C(\c2ccccc2)c2ccc(Br)cc2)c2ccccc2)cc1. The van der Waals surface area contributed by atoms with Crippen LogP contribution in [0.3, 0.4) is 0 Å². The molecule has 0 spiro atoms. The van der Waals surface area contributed by atoms with Gasteiger partial charge in [0.05, 0.1) is 0 Å². The molecule has 146 valence electrons. The zero-order valence-corrected chi connectivity index (χ0v) is 18.3. The molecule has 0 saturated carbocycles. The number of carbonyl (C=O) groups excluding carboxylic acids is 1. The summed E-state index contributed by atoms with van der Waals surface area (Å²) in [4.78, 5) is 11.8. The molecule has 0 aliphatic carbocycles. The van der Waals surface area contributed by atoms with Crippen molar-refractivity contribution in [2.45, 2.75) is 6.92 Å². The Morgan fingerprint density at radius 3 is 1.23 bits per heavy atom. The summed E-state index contributed by atoms with van der Waals surface area (Å²) in [5.74, 6) is 0.0722. The summed E-state index contributed by atoms with van der Waals surface area (Å²) >= 11 is 3.55. The number of ketones is 1. The lowest BCUT2D eigenvalue weighted by Crippen LogP contribution is -1.98. The number of rotatable bonds is 5. The van der Waals surface area contributed by atoms with Crippen LogP contribution in [0.1, 0.15) is 39.5 Å². The third kappa shape index (κ3) is 4.34. The first-order chi connectivity index (χ1) is 14.6. The highest BCUT2D eigenvalue weighted by molar-refractivity contribution is 9.10. The van der Waals surface area contributed by atoms with E-state index in [0.717, 1.165) is 43.4 Å². The molecule has 0 aliphatic rings. The summed E-state index contributed by atoms with van der Waals surface area (Å²) < 4.78 is 1.05. The van der Waals surface area contributed by atoms with Crippen molar-refractivity contribution in [3.63, 3.8) is 0 Å². The number of halogens is 1. The van der Waals surface area contributed by atoms with Crippen LogP contribution in [0.5, 0.6) is 0 Å². The molecule has 0 saturated heterocycles. The number of benzene rings is 4. The van der Waals surface area contributed by atoms with E-state index in [0.29, 0.717) is 0 Å². The topological polar surface area (TPSA) is 17.1 Å². The standard InChI is InChI=1S/C28H21BrO/c1-20(30)21-12-14-24(15-13-21)27(22-8-4-2-5-9-22)28(23-10-6-3-7-11-23)25-16-18-26(29)19-17-25/h2-19H,1H3/b28-27+. The summed E-state index contributed by atoms with van der Waals surface area (Å²) in [5.41, 5.74) is 7.51. The molecule has 0 N–H and O–H groups in total. The third-order valence-electron chi connectivity index (χ3n) is 5.09. The lowest BCUT2D eigenvalue weighted by Gasteiger charge is -2.18. The molecule has 2 heteroatoms. The van der Waals surface area contributed by atoms with Crippen molar-refractivity contribution in [1.82, 2.24) is 0 Å². The van der Waals surface area contributed by atoms with E-state index in [2.05, 4.69) is 88.7 Å². The minimum Gasteiger partial charge on any atom is -0.295 e. The van der Waals surface area contributed by atoms with Gasteiger partial charge in [-0.1, -0.05) is 113 Å². The smallest absolute Gasteiger partial charge is 0.159 e. The van der Waals surface area contributed by atoms with E-state index < -0.39 is 0 Å². The van der Waals surface area contributed by atoms with E-state index in [1.807, 2.05) is 36.4 Å². The van der Waals surface area contributed by atoms with E-state index in [4.69, 9.17) is 0 Å². The predicted octanol–water partition coefficient (Wildman–Crippen LogP) is 7.66. The van der Waals surface area contributed by atoms with Gasteiger partial charge in [0.2, 0.25) is 0 Å². The molecule has 0 aromatic heterocycles. The Bertz CT molecular complexity index is 1170. The highest BCUT2D eigenvalue weighted by Gasteiger charge is 2.16. The zero-order valence-electron chi connectivity index (χ0n) is 16.7. The van der Waals surface area contributed by atoms with Gasteiger partial charge in [-0.15, -0.1) is 0 Å². The quantitative estimate of drug-likeness (QED) is 0.224. The lowest BCUT2D eigenvalue weighted by molar-refractivity contribution is 0.101. The highest BCUT2D eigenvalue weighted by Crippen LogP contribution is 2.37. The molecule has 0 fully saturated rings. The van der Waals surface area contributed by atoms with Gasteiger partial charge in [-0.2, -0.15) is 0 Å². The second-order valence-corrected chi connectivity index (χ2v) is 8.04. The lowest BCUT2D eigenvalue weighted by atomic mass is 9.85. The zero-order chi connectivity index (χ0) is 20.9. The molecule has 0 radical (unpaired) electrons. The second-order valence-electron chi connectivity index (χ2n) is 7.12. The van der Waals surface area contributed by atoms with Crippen LogP contribution in [0.4, 0.5) is 0 Å². The van der Waals surface area contributed by atoms with E-state index in [-0.39, 0.29) is 5.78 Å². The Kier molecular flexibility index (Phi) is 6.06. The van der Waals surface area contributed by atoms with Crippen LogP contribution in [0.15, 0.2) is 114 Å². The van der Waals surface area contributed by atoms with E-state index in [9.17, 15) is 4.79 Å². The summed E-state index contributed by atoms with van der Waals surface area (Å²) in [6.45, 7) is 1.60. The molecule has 0 atom stereocenters. The molecule has 0 amide bonds. The molecule has 4 rings (SSSR count). The van der Waals surface area contributed by atoms with Crippen molar-refractivity contribution in [2.24, 2.45) is 0 Å².